The summed E-state index contributed by atoms with van der Waals surface area (Å²) in [7, 11) is -3.34. The molecule has 1 saturated heterocycles. The van der Waals surface area contributed by atoms with Gasteiger partial charge in [0.25, 0.3) is 7.52 Å². The second-order valence-corrected chi connectivity index (χ2v) is 10.7. The second kappa shape index (κ2) is 11.9. The summed E-state index contributed by atoms with van der Waals surface area (Å²) in [5.74, 6) is 0.628. The van der Waals surface area contributed by atoms with Crippen molar-refractivity contribution in [3.63, 3.8) is 0 Å². The third-order valence-electron chi connectivity index (χ3n) is 5.02. The summed E-state index contributed by atoms with van der Waals surface area (Å²) in [5, 5.41) is 2.89. The Morgan fingerprint density at radius 2 is 2.28 bits per heavy atom. The maximum Gasteiger partial charge on any atom is 0.323 e. The molecule has 0 aliphatic carbocycles. The van der Waals surface area contributed by atoms with Gasteiger partial charge in [0.1, 0.15) is 30.3 Å². The molecule has 178 valence electrons. The quantitative estimate of drug-likeness (QED) is 0.259. The number of anilines is 1. The van der Waals surface area contributed by atoms with E-state index in [0.29, 0.717) is 36.6 Å². The van der Waals surface area contributed by atoms with E-state index in [2.05, 4.69) is 27.0 Å². The largest absolute Gasteiger partial charge is 0.465 e. The summed E-state index contributed by atoms with van der Waals surface area (Å²) in [6.45, 7) is 2.96. The highest BCUT2D eigenvalue weighted by molar-refractivity contribution is 7.98. The first kappa shape index (κ1) is 24.9. The highest BCUT2D eigenvalue weighted by Gasteiger charge is 2.36. The van der Waals surface area contributed by atoms with Crippen LogP contribution >= 0.6 is 19.3 Å². The van der Waals surface area contributed by atoms with Gasteiger partial charge in [0.2, 0.25) is 0 Å². The minimum Gasteiger partial charge on any atom is -0.465 e. The van der Waals surface area contributed by atoms with Gasteiger partial charge in [-0.2, -0.15) is 11.8 Å². The van der Waals surface area contributed by atoms with Crippen LogP contribution in [-0.4, -0.2) is 69.2 Å². The minimum absolute atomic E-state index is 0.102. The Morgan fingerprint density at radius 3 is 3.00 bits per heavy atom. The predicted octanol–water partition coefficient (Wildman–Crippen LogP) is 2.42. The molecule has 2 unspecified atom stereocenters. The van der Waals surface area contributed by atoms with E-state index in [1.807, 2.05) is 6.26 Å². The zero-order valence-corrected chi connectivity index (χ0v) is 20.1. The van der Waals surface area contributed by atoms with Crippen molar-refractivity contribution in [2.75, 3.05) is 37.3 Å². The average Bonchev–Trinajstić information content (AvgIpc) is 3.20. The van der Waals surface area contributed by atoms with E-state index in [9.17, 15) is 9.36 Å². The predicted molar refractivity (Wildman–Crippen MR) is 123 cm³/mol. The molecule has 0 aromatic carbocycles. The SMILES string of the molecule is CCCCCOC(=O)C(CCSC)NP1(=O)CO[C@@H](Cn2cnc3c(N)ncnc32)CO1. The van der Waals surface area contributed by atoms with Crippen LogP contribution in [0, 0.1) is 0 Å². The first-order valence-corrected chi connectivity index (χ1v) is 13.9. The molecule has 0 saturated carbocycles. The van der Waals surface area contributed by atoms with Gasteiger partial charge in [0.05, 0.1) is 26.1 Å². The van der Waals surface area contributed by atoms with Crippen molar-refractivity contribution in [1.82, 2.24) is 24.6 Å². The fourth-order valence-electron chi connectivity index (χ4n) is 3.26. The molecular formula is C19H31N6O5PS. The van der Waals surface area contributed by atoms with Crippen LogP contribution in [0.25, 0.3) is 11.2 Å². The summed E-state index contributed by atoms with van der Waals surface area (Å²) >= 11 is 1.61. The van der Waals surface area contributed by atoms with Crippen molar-refractivity contribution in [2.45, 2.75) is 51.3 Å². The number of nitrogens with two attached hydrogens (primary N) is 1. The smallest absolute Gasteiger partial charge is 0.323 e. The van der Waals surface area contributed by atoms with Crippen LogP contribution in [0.2, 0.25) is 0 Å². The molecule has 0 spiro atoms. The lowest BCUT2D eigenvalue weighted by molar-refractivity contribution is -0.146. The molecule has 3 atom stereocenters. The number of imidazole rings is 1. The Hall–Kier alpha value is -1.72. The Morgan fingerprint density at radius 1 is 1.44 bits per heavy atom. The van der Waals surface area contributed by atoms with Crippen LogP contribution in [-0.2, 0) is 29.9 Å². The van der Waals surface area contributed by atoms with Crippen molar-refractivity contribution < 1.29 is 23.4 Å². The first-order valence-electron chi connectivity index (χ1n) is 10.7. The van der Waals surface area contributed by atoms with Crippen LogP contribution in [0.5, 0.6) is 0 Å². The number of carbonyl (C=O) groups is 1. The maximum atomic E-state index is 13.2. The molecule has 1 aliphatic heterocycles. The minimum atomic E-state index is -3.34. The number of rotatable bonds is 12. The van der Waals surface area contributed by atoms with Crippen LogP contribution in [0.3, 0.4) is 0 Å². The van der Waals surface area contributed by atoms with Gasteiger partial charge in [-0.3, -0.25) is 9.36 Å². The fraction of sp³-hybridized carbons (Fsp3) is 0.684. The first-order chi connectivity index (χ1) is 15.5. The number of nitrogen functional groups attached to an aromatic ring is 1. The molecule has 13 heteroatoms. The molecule has 2 aromatic rings. The van der Waals surface area contributed by atoms with Gasteiger partial charge in [-0.05, 0) is 24.9 Å². The molecule has 32 heavy (non-hydrogen) atoms. The summed E-state index contributed by atoms with van der Waals surface area (Å²) in [4.78, 5) is 24.9. The number of hydrogen-bond acceptors (Lipinski definition) is 10. The van der Waals surface area contributed by atoms with Crippen molar-refractivity contribution >= 4 is 42.2 Å². The highest BCUT2D eigenvalue weighted by atomic mass is 32.2. The lowest BCUT2D eigenvalue weighted by Gasteiger charge is -2.32. The van der Waals surface area contributed by atoms with Crippen molar-refractivity contribution in [2.24, 2.45) is 0 Å². The van der Waals surface area contributed by atoms with Gasteiger partial charge in [0, 0.05) is 0 Å². The summed E-state index contributed by atoms with van der Waals surface area (Å²) < 4.78 is 31.8. The molecule has 0 amide bonds. The number of carbonyl (C=O) groups excluding carboxylic acids is 1. The van der Waals surface area contributed by atoms with E-state index in [4.69, 9.17) is 19.7 Å². The highest BCUT2D eigenvalue weighted by Crippen LogP contribution is 2.46. The van der Waals surface area contributed by atoms with Gasteiger partial charge in [-0.15, -0.1) is 0 Å². The zero-order valence-electron chi connectivity index (χ0n) is 18.4. The third-order valence-corrected chi connectivity index (χ3v) is 7.42. The number of unbranched alkanes of at least 4 members (excludes halogenated alkanes) is 2. The van der Waals surface area contributed by atoms with Gasteiger partial charge in [0.15, 0.2) is 11.5 Å². The molecule has 11 nitrogen and oxygen atoms in total. The lowest BCUT2D eigenvalue weighted by atomic mass is 10.2. The van der Waals surface area contributed by atoms with E-state index in [1.54, 1.807) is 22.7 Å². The summed E-state index contributed by atoms with van der Waals surface area (Å²) in [6.07, 6.45) is 7.80. The molecule has 0 bridgehead atoms. The van der Waals surface area contributed by atoms with Crippen molar-refractivity contribution in [3.8, 4) is 0 Å². The number of ether oxygens (including phenoxy) is 2. The molecule has 3 heterocycles. The maximum absolute atomic E-state index is 13.2. The zero-order chi connectivity index (χ0) is 23.0. The van der Waals surface area contributed by atoms with Crippen LogP contribution in [0.15, 0.2) is 12.7 Å². The van der Waals surface area contributed by atoms with E-state index in [0.717, 1.165) is 25.0 Å². The monoisotopic (exact) mass is 486 g/mol. The van der Waals surface area contributed by atoms with Gasteiger partial charge in [-0.1, -0.05) is 19.8 Å². The van der Waals surface area contributed by atoms with Crippen molar-refractivity contribution in [1.29, 1.82) is 0 Å². The van der Waals surface area contributed by atoms with Crippen LogP contribution in [0.4, 0.5) is 5.82 Å². The van der Waals surface area contributed by atoms with E-state index in [1.165, 1.54) is 6.33 Å². The van der Waals surface area contributed by atoms with Crippen LogP contribution in [0.1, 0.15) is 32.6 Å². The summed E-state index contributed by atoms with van der Waals surface area (Å²) in [5.41, 5.74) is 6.93. The summed E-state index contributed by atoms with van der Waals surface area (Å²) in [6, 6.07) is -0.702. The van der Waals surface area contributed by atoms with Crippen molar-refractivity contribution in [3.05, 3.63) is 12.7 Å². The molecule has 3 N–H and O–H groups in total. The Bertz CT molecular complexity index is 932. The van der Waals surface area contributed by atoms with Gasteiger partial charge < -0.3 is 24.3 Å². The molecule has 1 fully saturated rings. The number of thioether (sulfide) groups is 1. The third kappa shape index (κ3) is 6.64. The number of nitrogens with zero attached hydrogens (tertiary/aromatic N) is 4. The van der Waals surface area contributed by atoms with E-state index >= 15 is 0 Å². The normalized spacial score (nSPS) is 22.1. The lowest BCUT2D eigenvalue weighted by Crippen LogP contribution is -2.41. The Kier molecular flexibility index (Phi) is 9.30. The number of esters is 1. The Balaban J connectivity index is 1.55. The Labute approximate surface area is 191 Å². The molecule has 3 rings (SSSR count). The van der Waals surface area contributed by atoms with E-state index < -0.39 is 19.5 Å². The topological polar surface area (TPSA) is 143 Å². The molecule has 2 aromatic heterocycles. The van der Waals surface area contributed by atoms with Gasteiger partial charge >= 0.3 is 5.97 Å². The van der Waals surface area contributed by atoms with Gasteiger partial charge in [-0.25, -0.2) is 20.0 Å². The number of aromatic nitrogens is 4. The second-order valence-electron chi connectivity index (χ2n) is 7.55. The van der Waals surface area contributed by atoms with Crippen LogP contribution < -0.4 is 10.8 Å². The molecule has 0 radical (unpaired) electrons. The van der Waals surface area contributed by atoms with E-state index in [-0.39, 0.29) is 19.1 Å². The molecule has 1 aliphatic rings. The number of hydrogen-bond donors (Lipinski definition) is 2. The number of fused-ring (bicyclic) bond motifs is 1. The fourth-order valence-corrected chi connectivity index (χ4v) is 5.48. The molecular weight excluding hydrogens is 455 g/mol. The standard InChI is InChI=1S/C19H31N6O5PS/c1-3-4-5-7-28-19(26)15(6-8-32-2)24-31(27)13-29-14(10-30-31)9-25-12-23-16-17(20)21-11-22-18(16)25/h11-12,14-15H,3-10,13H2,1-2H3,(H,24,27)(H2,20,21,22)/t14-,15?,31?/m0/s1. The number of nitrogens with one attached hydrogen (secondary N) is 1. The average molecular weight is 487 g/mol.